The number of hydrogen-bond acceptors (Lipinski definition) is 5. The van der Waals surface area contributed by atoms with Gasteiger partial charge in [0.25, 0.3) is 0 Å². The van der Waals surface area contributed by atoms with Crippen molar-refractivity contribution >= 4 is 45.9 Å². The molecule has 1 unspecified atom stereocenters. The smallest absolute Gasteiger partial charge is 0.344 e. The Kier molecular flexibility index (Phi) is 6.38. The highest BCUT2D eigenvalue weighted by Gasteiger charge is 2.66. The predicted octanol–water partition coefficient (Wildman–Crippen LogP) is 4.88. The van der Waals surface area contributed by atoms with E-state index in [9.17, 15) is 14.4 Å². The molecule has 1 saturated heterocycles. The number of amides is 1. The Bertz CT molecular complexity index is 1190. The van der Waals surface area contributed by atoms with E-state index in [0.717, 1.165) is 10.8 Å². The van der Waals surface area contributed by atoms with Crippen molar-refractivity contribution < 1.29 is 23.9 Å². The Labute approximate surface area is 197 Å². The zero-order chi connectivity index (χ0) is 23.6. The SMILES string of the molecule is CCOC(=O)C1(C(=O)OCC)C(c2ccc3ccccc3c2)CC(=O)N1c1ccc(Cl)cc1. The van der Waals surface area contributed by atoms with Crippen molar-refractivity contribution in [3.05, 3.63) is 77.3 Å². The lowest BCUT2D eigenvalue weighted by Crippen LogP contribution is -2.62. The molecule has 1 heterocycles. The molecule has 170 valence electrons. The highest BCUT2D eigenvalue weighted by Crippen LogP contribution is 2.47. The lowest BCUT2D eigenvalue weighted by atomic mass is 9.78. The van der Waals surface area contributed by atoms with Gasteiger partial charge in [-0.05, 0) is 54.4 Å². The summed E-state index contributed by atoms with van der Waals surface area (Å²) >= 11 is 6.04. The quantitative estimate of drug-likeness (QED) is 0.383. The lowest BCUT2D eigenvalue weighted by Gasteiger charge is -2.37. The standard InChI is InChI=1S/C26H24ClNO5/c1-3-32-24(30)26(25(31)33-4-2)22(19-10-9-17-7-5-6-8-18(17)15-19)16-23(29)28(26)21-13-11-20(27)12-14-21/h5-15,22H,3-4,16H2,1-2H3. The van der Waals surface area contributed by atoms with E-state index in [2.05, 4.69) is 0 Å². The molecule has 3 aromatic rings. The fourth-order valence-corrected chi connectivity index (χ4v) is 4.65. The molecule has 0 radical (unpaired) electrons. The molecule has 4 rings (SSSR count). The Morgan fingerprint density at radius 3 is 2.15 bits per heavy atom. The second-order valence-corrected chi connectivity index (χ2v) is 8.21. The average Bonchev–Trinajstić information content (AvgIpc) is 3.13. The van der Waals surface area contributed by atoms with Gasteiger partial charge in [0, 0.05) is 23.0 Å². The highest BCUT2D eigenvalue weighted by atomic mass is 35.5. The first-order valence-corrected chi connectivity index (χ1v) is 11.2. The van der Waals surface area contributed by atoms with Crippen molar-refractivity contribution in [2.24, 2.45) is 0 Å². The molecule has 33 heavy (non-hydrogen) atoms. The van der Waals surface area contributed by atoms with Crippen LogP contribution >= 0.6 is 11.6 Å². The Hall–Kier alpha value is -3.38. The van der Waals surface area contributed by atoms with Gasteiger partial charge in [-0.15, -0.1) is 0 Å². The van der Waals surface area contributed by atoms with E-state index in [1.807, 2.05) is 42.5 Å². The number of ether oxygens (including phenoxy) is 2. The van der Waals surface area contributed by atoms with E-state index in [-0.39, 0.29) is 25.5 Å². The van der Waals surface area contributed by atoms with Gasteiger partial charge in [0.2, 0.25) is 11.4 Å². The van der Waals surface area contributed by atoms with Crippen molar-refractivity contribution in [1.82, 2.24) is 0 Å². The van der Waals surface area contributed by atoms with E-state index in [4.69, 9.17) is 21.1 Å². The fourth-order valence-electron chi connectivity index (χ4n) is 4.52. The van der Waals surface area contributed by atoms with Crippen molar-refractivity contribution in [1.29, 1.82) is 0 Å². The van der Waals surface area contributed by atoms with Crippen LogP contribution in [0.25, 0.3) is 10.8 Å². The van der Waals surface area contributed by atoms with Gasteiger partial charge < -0.3 is 9.47 Å². The van der Waals surface area contributed by atoms with Crippen molar-refractivity contribution in [2.45, 2.75) is 31.7 Å². The van der Waals surface area contributed by atoms with Crippen LogP contribution in [0.3, 0.4) is 0 Å². The third kappa shape index (κ3) is 3.85. The molecule has 6 nitrogen and oxygen atoms in total. The number of nitrogens with zero attached hydrogens (tertiary/aromatic N) is 1. The number of carbonyl (C=O) groups excluding carboxylic acids is 3. The first-order valence-electron chi connectivity index (χ1n) is 10.8. The summed E-state index contributed by atoms with van der Waals surface area (Å²) in [6.45, 7) is 3.41. The first kappa shape index (κ1) is 22.8. The number of hydrogen-bond donors (Lipinski definition) is 0. The Balaban J connectivity index is 1.96. The molecule has 1 aliphatic heterocycles. The number of halogens is 1. The molecule has 1 aliphatic rings. The summed E-state index contributed by atoms with van der Waals surface area (Å²) in [5.74, 6) is -2.82. The monoisotopic (exact) mass is 465 g/mol. The van der Waals surface area contributed by atoms with Crippen LogP contribution in [-0.2, 0) is 23.9 Å². The second kappa shape index (κ2) is 9.24. The number of benzene rings is 3. The van der Waals surface area contributed by atoms with Crippen LogP contribution in [-0.4, -0.2) is 36.6 Å². The third-order valence-corrected chi connectivity index (χ3v) is 6.17. The fraction of sp³-hybridized carbons (Fsp3) is 0.269. The van der Waals surface area contributed by atoms with Gasteiger partial charge in [-0.3, -0.25) is 9.69 Å². The maximum atomic E-state index is 13.6. The van der Waals surface area contributed by atoms with E-state index in [1.54, 1.807) is 38.1 Å². The number of anilines is 1. The molecule has 1 atom stereocenters. The summed E-state index contributed by atoms with van der Waals surface area (Å²) in [4.78, 5) is 41.8. The number of rotatable bonds is 6. The van der Waals surface area contributed by atoms with Crippen molar-refractivity contribution in [2.75, 3.05) is 18.1 Å². The Morgan fingerprint density at radius 1 is 0.939 bits per heavy atom. The molecule has 1 amide bonds. The zero-order valence-electron chi connectivity index (χ0n) is 18.4. The minimum atomic E-state index is -2.00. The summed E-state index contributed by atoms with van der Waals surface area (Å²) in [5, 5.41) is 2.42. The molecular formula is C26H24ClNO5. The average molecular weight is 466 g/mol. The van der Waals surface area contributed by atoms with Crippen LogP contribution in [0.5, 0.6) is 0 Å². The molecule has 1 fully saturated rings. The minimum Gasteiger partial charge on any atom is -0.464 e. The van der Waals surface area contributed by atoms with E-state index >= 15 is 0 Å². The summed E-state index contributed by atoms with van der Waals surface area (Å²) in [6.07, 6.45) is -0.0569. The normalized spacial score (nSPS) is 17.2. The maximum absolute atomic E-state index is 13.6. The first-order chi connectivity index (χ1) is 15.9. The van der Waals surface area contributed by atoms with Crippen LogP contribution in [0.15, 0.2) is 66.7 Å². The van der Waals surface area contributed by atoms with Crippen molar-refractivity contribution in [3.63, 3.8) is 0 Å². The van der Waals surface area contributed by atoms with Crippen LogP contribution in [0, 0.1) is 0 Å². The van der Waals surface area contributed by atoms with Gasteiger partial charge in [-0.1, -0.05) is 54.1 Å². The summed E-state index contributed by atoms with van der Waals surface area (Å²) in [7, 11) is 0. The molecule has 0 saturated carbocycles. The van der Waals surface area contributed by atoms with Gasteiger partial charge in [0.15, 0.2) is 0 Å². The number of fused-ring (bicyclic) bond motifs is 1. The molecular weight excluding hydrogens is 442 g/mol. The third-order valence-electron chi connectivity index (χ3n) is 5.92. The lowest BCUT2D eigenvalue weighted by molar-refractivity contribution is -0.165. The van der Waals surface area contributed by atoms with Gasteiger partial charge in [-0.2, -0.15) is 0 Å². The Morgan fingerprint density at radius 2 is 1.55 bits per heavy atom. The molecule has 0 N–H and O–H groups in total. The van der Waals surface area contributed by atoms with Gasteiger partial charge >= 0.3 is 11.9 Å². The van der Waals surface area contributed by atoms with Crippen LogP contribution in [0.2, 0.25) is 5.02 Å². The van der Waals surface area contributed by atoms with Crippen LogP contribution < -0.4 is 4.90 Å². The van der Waals surface area contributed by atoms with Crippen LogP contribution in [0.1, 0.15) is 31.7 Å². The molecule has 3 aromatic carbocycles. The topological polar surface area (TPSA) is 72.9 Å². The zero-order valence-corrected chi connectivity index (χ0v) is 19.2. The summed E-state index contributed by atoms with van der Waals surface area (Å²) in [6, 6.07) is 19.9. The summed E-state index contributed by atoms with van der Waals surface area (Å²) < 4.78 is 10.8. The van der Waals surface area contributed by atoms with Gasteiger partial charge in [0.1, 0.15) is 0 Å². The molecule has 0 aliphatic carbocycles. The summed E-state index contributed by atoms with van der Waals surface area (Å²) in [5.41, 5.74) is -0.951. The number of esters is 2. The molecule has 0 bridgehead atoms. The largest absolute Gasteiger partial charge is 0.464 e. The number of carbonyl (C=O) groups is 3. The van der Waals surface area contributed by atoms with Crippen LogP contribution in [0.4, 0.5) is 5.69 Å². The van der Waals surface area contributed by atoms with Crippen molar-refractivity contribution in [3.8, 4) is 0 Å². The van der Waals surface area contributed by atoms with E-state index in [0.29, 0.717) is 16.3 Å². The molecule has 0 spiro atoms. The van der Waals surface area contributed by atoms with E-state index in [1.165, 1.54) is 4.90 Å². The highest BCUT2D eigenvalue weighted by molar-refractivity contribution is 6.30. The molecule has 7 heteroatoms. The van der Waals surface area contributed by atoms with Gasteiger partial charge in [0.05, 0.1) is 13.2 Å². The minimum absolute atomic E-state index is 0.0487. The van der Waals surface area contributed by atoms with Gasteiger partial charge in [-0.25, -0.2) is 9.59 Å². The molecule has 0 aromatic heterocycles. The maximum Gasteiger partial charge on any atom is 0.344 e. The predicted molar refractivity (Wildman–Crippen MR) is 126 cm³/mol. The van der Waals surface area contributed by atoms with E-state index < -0.39 is 23.4 Å². The second-order valence-electron chi connectivity index (χ2n) is 7.78.